The molecule has 3 N–H and O–H groups in total. The minimum atomic E-state index is -0.0342. The highest BCUT2D eigenvalue weighted by Gasteiger charge is 2.23. The fourth-order valence-electron chi connectivity index (χ4n) is 2.17. The van der Waals surface area contributed by atoms with Crippen LogP contribution in [0.15, 0.2) is 0 Å². The van der Waals surface area contributed by atoms with Gasteiger partial charge in [0.15, 0.2) is 0 Å². The third-order valence-electron chi connectivity index (χ3n) is 3.05. The summed E-state index contributed by atoms with van der Waals surface area (Å²) in [4.78, 5) is 11.7. The average molecular weight is 227 g/mol. The van der Waals surface area contributed by atoms with Crippen molar-refractivity contribution in [3.8, 4) is 0 Å². The van der Waals surface area contributed by atoms with Crippen molar-refractivity contribution in [3.63, 3.8) is 0 Å². The predicted molar refractivity (Wildman–Crippen MR) is 66.3 cm³/mol. The standard InChI is InChI=1S/C12H25N3O/c1-9(2)8-11(12(16)13-3)15-10-4-6-14-7-5-10/h9-11,14-15H,4-8H2,1-3H3,(H,13,16). The first-order chi connectivity index (χ1) is 7.63. The molecule has 0 radical (unpaired) electrons. The molecule has 1 rings (SSSR count). The molecule has 1 fully saturated rings. The Bertz CT molecular complexity index is 212. The second-order valence-corrected chi connectivity index (χ2v) is 4.99. The van der Waals surface area contributed by atoms with E-state index in [4.69, 9.17) is 0 Å². The molecule has 1 aliphatic rings. The summed E-state index contributed by atoms with van der Waals surface area (Å²) in [6.07, 6.45) is 3.14. The van der Waals surface area contributed by atoms with E-state index in [0.29, 0.717) is 12.0 Å². The maximum atomic E-state index is 11.7. The van der Waals surface area contributed by atoms with E-state index in [0.717, 1.165) is 32.4 Å². The van der Waals surface area contributed by atoms with Crippen molar-refractivity contribution in [2.24, 2.45) is 5.92 Å². The van der Waals surface area contributed by atoms with Crippen LogP contribution in [0.4, 0.5) is 0 Å². The molecule has 4 nitrogen and oxygen atoms in total. The van der Waals surface area contributed by atoms with Gasteiger partial charge >= 0.3 is 0 Å². The van der Waals surface area contributed by atoms with Gasteiger partial charge in [-0.3, -0.25) is 4.79 Å². The fourth-order valence-corrected chi connectivity index (χ4v) is 2.17. The molecule has 0 aromatic rings. The van der Waals surface area contributed by atoms with Gasteiger partial charge in [-0.15, -0.1) is 0 Å². The number of likely N-dealkylation sites (N-methyl/N-ethyl adjacent to an activating group) is 1. The zero-order valence-electron chi connectivity index (χ0n) is 10.7. The number of carbonyl (C=O) groups excluding carboxylic acids is 1. The number of carbonyl (C=O) groups is 1. The summed E-state index contributed by atoms with van der Waals surface area (Å²) in [5, 5.41) is 9.56. The van der Waals surface area contributed by atoms with Gasteiger partial charge in [-0.25, -0.2) is 0 Å². The third-order valence-corrected chi connectivity index (χ3v) is 3.05. The van der Waals surface area contributed by atoms with Crippen LogP contribution in [0, 0.1) is 5.92 Å². The first-order valence-corrected chi connectivity index (χ1v) is 6.31. The Balaban J connectivity index is 2.44. The van der Waals surface area contributed by atoms with Gasteiger partial charge in [0, 0.05) is 13.1 Å². The lowest BCUT2D eigenvalue weighted by molar-refractivity contribution is -0.123. The maximum absolute atomic E-state index is 11.7. The van der Waals surface area contributed by atoms with Crippen molar-refractivity contribution in [1.29, 1.82) is 0 Å². The van der Waals surface area contributed by atoms with Gasteiger partial charge in [0.05, 0.1) is 6.04 Å². The predicted octanol–water partition coefficient (Wildman–Crippen LogP) is 0.489. The second-order valence-electron chi connectivity index (χ2n) is 4.99. The van der Waals surface area contributed by atoms with Crippen LogP contribution < -0.4 is 16.0 Å². The molecule has 1 aliphatic heterocycles. The number of hydrogen-bond acceptors (Lipinski definition) is 3. The van der Waals surface area contributed by atoms with E-state index in [1.165, 1.54) is 0 Å². The Morgan fingerprint density at radius 1 is 1.38 bits per heavy atom. The van der Waals surface area contributed by atoms with Crippen LogP contribution in [0.25, 0.3) is 0 Å². The van der Waals surface area contributed by atoms with Gasteiger partial charge in [0.1, 0.15) is 0 Å². The monoisotopic (exact) mass is 227 g/mol. The van der Waals surface area contributed by atoms with Crippen molar-refractivity contribution >= 4 is 5.91 Å². The third kappa shape index (κ3) is 4.49. The van der Waals surface area contributed by atoms with Crippen LogP contribution in [-0.4, -0.2) is 38.1 Å². The Morgan fingerprint density at radius 2 is 2.00 bits per heavy atom. The molecule has 1 saturated heterocycles. The molecule has 0 aromatic carbocycles. The van der Waals surface area contributed by atoms with E-state index in [-0.39, 0.29) is 11.9 Å². The Morgan fingerprint density at radius 3 is 2.50 bits per heavy atom. The average Bonchev–Trinajstić information content (AvgIpc) is 2.28. The molecular formula is C12H25N3O. The summed E-state index contributed by atoms with van der Waals surface area (Å²) in [6.45, 7) is 6.42. The molecule has 0 aromatic heterocycles. The molecule has 4 heteroatoms. The minimum Gasteiger partial charge on any atom is -0.358 e. The lowest BCUT2D eigenvalue weighted by atomic mass is 9.99. The van der Waals surface area contributed by atoms with E-state index >= 15 is 0 Å². The van der Waals surface area contributed by atoms with Gasteiger partial charge in [-0.05, 0) is 38.3 Å². The number of rotatable bonds is 5. The summed E-state index contributed by atoms with van der Waals surface area (Å²) in [5.41, 5.74) is 0. The van der Waals surface area contributed by atoms with Gasteiger partial charge in [0.2, 0.25) is 5.91 Å². The molecule has 1 atom stereocenters. The summed E-state index contributed by atoms with van der Waals surface area (Å²) < 4.78 is 0. The van der Waals surface area contributed by atoms with Gasteiger partial charge in [-0.1, -0.05) is 13.8 Å². The Labute approximate surface area is 98.6 Å². The topological polar surface area (TPSA) is 53.2 Å². The van der Waals surface area contributed by atoms with Crippen LogP contribution in [0.5, 0.6) is 0 Å². The number of hydrogen-bond donors (Lipinski definition) is 3. The molecule has 1 heterocycles. The summed E-state index contributed by atoms with van der Waals surface area (Å²) in [6, 6.07) is 0.454. The smallest absolute Gasteiger partial charge is 0.236 e. The summed E-state index contributed by atoms with van der Waals surface area (Å²) >= 11 is 0. The normalized spacial score (nSPS) is 19.8. The molecule has 1 unspecified atom stereocenters. The Kier molecular flexibility index (Phi) is 5.77. The molecular weight excluding hydrogens is 202 g/mol. The van der Waals surface area contributed by atoms with E-state index < -0.39 is 0 Å². The first kappa shape index (κ1) is 13.5. The number of piperidine rings is 1. The molecule has 94 valence electrons. The molecule has 0 aliphatic carbocycles. The van der Waals surface area contributed by atoms with Crippen molar-refractivity contribution < 1.29 is 4.79 Å². The van der Waals surface area contributed by atoms with Crippen LogP contribution >= 0.6 is 0 Å². The van der Waals surface area contributed by atoms with Gasteiger partial charge in [-0.2, -0.15) is 0 Å². The Hall–Kier alpha value is -0.610. The minimum absolute atomic E-state index is 0.0342. The molecule has 1 amide bonds. The fraction of sp³-hybridized carbons (Fsp3) is 0.917. The lowest BCUT2D eigenvalue weighted by Crippen LogP contribution is -2.51. The van der Waals surface area contributed by atoms with E-state index in [1.807, 2.05) is 0 Å². The zero-order chi connectivity index (χ0) is 12.0. The van der Waals surface area contributed by atoms with Crippen LogP contribution in [0.3, 0.4) is 0 Å². The quantitative estimate of drug-likeness (QED) is 0.641. The largest absolute Gasteiger partial charge is 0.358 e. The van der Waals surface area contributed by atoms with Crippen molar-refractivity contribution in [2.45, 2.75) is 45.2 Å². The molecule has 0 spiro atoms. The van der Waals surface area contributed by atoms with Crippen LogP contribution in [0.1, 0.15) is 33.1 Å². The first-order valence-electron chi connectivity index (χ1n) is 6.31. The highest BCUT2D eigenvalue weighted by molar-refractivity contribution is 5.81. The maximum Gasteiger partial charge on any atom is 0.236 e. The van der Waals surface area contributed by atoms with Crippen LogP contribution in [-0.2, 0) is 4.79 Å². The van der Waals surface area contributed by atoms with Gasteiger partial charge in [0.25, 0.3) is 0 Å². The zero-order valence-corrected chi connectivity index (χ0v) is 10.7. The summed E-state index contributed by atoms with van der Waals surface area (Å²) in [5.74, 6) is 0.656. The van der Waals surface area contributed by atoms with Crippen LogP contribution in [0.2, 0.25) is 0 Å². The SMILES string of the molecule is CNC(=O)C(CC(C)C)NC1CCNCC1. The van der Waals surface area contributed by atoms with Crippen molar-refractivity contribution in [1.82, 2.24) is 16.0 Å². The van der Waals surface area contributed by atoms with Crippen molar-refractivity contribution in [3.05, 3.63) is 0 Å². The van der Waals surface area contributed by atoms with Crippen molar-refractivity contribution in [2.75, 3.05) is 20.1 Å². The highest BCUT2D eigenvalue weighted by atomic mass is 16.2. The van der Waals surface area contributed by atoms with Gasteiger partial charge < -0.3 is 16.0 Å². The number of amides is 1. The lowest BCUT2D eigenvalue weighted by Gasteiger charge is -2.29. The second kappa shape index (κ2) is 6.86. The molecule has 16 heavy (non-hydrogen) atoms. The molecule has 0 saturated carbocycles. The highest BCUT2D eigenvalue weighted by Crippen LogP contribution is 2.09. The number of nitrogens with one attached hydrogen (secondary N) is 3. The van der Waals surface area contributed by atoms with E-state index in [2.05, 4.69) is 29.8 Å². The van der Waals surface area contributed by atoms with E-state index in [1.54, 1.807) is 7.05 Å². The van der Waals surface area contributed by atoms with E-state index in [9.17, 15) is 4.79 Å². The molecule has 0 bridgehead atoms. The summed E-state index contributed by atoms with van der Waals surface area (Å²) in [7, 11) is 1.71.